The highest BCUT2D eigenvalue weighted by atomic mass is 16.5. The first kappa shape index (κ1) is 21.3. The number of benzene rings is 1. The molecule has 0 aliphatic rings. The van der Waals surface area contributed by atoms with Crippen LogP contribution in [0.4, 0.5) is 11.5 Å². The zero-order valence-electron chi connectivity index (χ0n) is 16.6. The summed E-state index contributed by atoms with van der Waals surface area (Å²) < 4.78 is 7.70. The number of unbranched alkanes of at least 4 members (excludes halogenated alkanes) is 1. The Morgan fingerprint density at radius 3 is 2.46 bits per heavy atom. The van der Waals surface area contributed by atoms with Gasteiger partial charge in [-0.15, -0.1) is 0 Å². The van der Waals surface area contributed by atoms with E-state index in [9.17, 15) is 14.4 Å². The number of ether oxygens (including phenoxy) is 1. The fourth-order valence-corrected chi connectivity index (χ4v) is 3.11. The molecule has 1 aromatic carbocycles. The van der Waals surface area contributed by atoms with Crippen LogP contribution in [0.3, 0.4) is 0 Å². The topological polar surface area (TPSA) is 108 Å². The zero-order valence-corrected chi connectivity index (χ0v) is 16.6. The van der Waals surface area contributed by atoms with Gasteiger partial charge in [-0.1, -0.05) is 30.3 Å². The van der Waals surface area contributed by atoms with Gasteiger partial charge in [0.25, 0.3) is 5.56 Å². The lowest BCUT2D eigenvalue weighted by Crippen LogP contribution is -2.42. The van der Waals surface area contributed by atoms with Gasteiger partial charge in [-0.3, -0.25) is 18.7 Å². The fourth-order valence-electron chi connectivity index (χ4n) is 3.11. The minimum absolute atomic E-state index is 0.126. The second-order valence-corrected chi connectivity index (χ2v) is 6.74. The summed E-state index contributed by atoms with van der Waals surface area (Å²) >= 11 is 0. The highest BCUT2D eigenvalue weighted by molar-refractivity contribution is 5.66. The van der Waals surface area contributed by atoms with Crippen molar-refractivity contribution in [3.63, 3.8) is 0 Å². The van der Waals surface area contributed by atoms with E-state index >= 15 is 0 Å². The maximum Gasteiger partial charge on any atom is 0.332 e. The smallest absolute Gasteiger partial charge is 0.332 e. The van der Waals surface area contributed by atoms with Crippen molar-refractivity contribution in [3.05, 3.63) is 56.7 Å². The molecule has 0 aliphatic carbocycles. The fraction of sp³-hybridized carbons (Fsp3) is 0.450. The molecule has 8 heteroatoms. The number of anilines is 2. The number of aromatic nitrogens is 2. The maximum absolute atomic E-state index is 12.9. The largest absolute Gasteiger partial charge is 0.463 e. The van der Waals surface area contributed by atoms with Crippen molar-refractivity contribution in [3.8, 4) is 0 Å². The monoisotopic (exact) mass is 388 g/mol. The van der Waals surface area contributed by atoms with Crippen LogP contribution in [0.15, 0.2) is 39.9 Å². The van der Waals surface area contributed by atoms with Gasteiger partial charge in [0.15, 0.2) is 0 Å². The highest BCUT2D eigenvalue weighted by Gasteiger charge is 2.16. The number of esters is 1. The third kappa shape index (κ3) is 5.25. The third-order valence-corrected chi connectivity index (χ3v) is 4.51. The lowest BCUT2D eigenvalue weighted by atomic mass is 10.1. The van der Waals surface area contributed by atoms with Crippen LogP contribution in [0.5, 0.6) is 0 Å². The number of nitrogens with two attached hydrogens (primary N) is 1. The number of nitrogen functional groups attached to an aromatic ring is 1. The molecule has 28 heavy (non-hydrogen) atoms. The Balaban J connectivity index is 2.21. The van der Waals surface area contributed by atoms with E-state index in [1.165, 1.54) is 16.1 Å². The van der Waals surface area contributed by atoms with Crippen molar-refractivity contribution < 1.29 is 9.53 Å². The Kier molecular flexibility index (Phi) is 7.43. The number of rotatable bonds is 9. The Bertz CT molecular complexity index is 918. The lowest BCUT2D eigenvalue weighted by molar-refractivity contribution is -0.145. The second-order valence-electron chi connectivity index (χ2n) is 6.74. The molecule has 2 rings (SSSR count). The second kappa shape index (κ2) is 9.77. The lowest BCUT2D eigenvalue weighted by Gasteiger charge is -2.17. The van der Waals surface area contributed by atoms with Crippen molar-refractivity contribution in [2.75, 3.05) is 18.1 Å². The molecule has 1 heterocycles. The first-order chi connectivity index (χ1) is 13.3. The molecule has 1 aromatic heterocycles. The molecule has 0 radical (unpaired) electrons. The van der Waals surface area contributed by atoms with Crippen LogP contribution in [0.1, 0.15) is 38.7 Å². The SMILES string of the molecule is CNc1c(N)n(Cc2ccccc2)c(=O)n(CCCC[C@@H](C)OC(C)=O)c1=O. The number of carbonyl (C=O) groups excluding carboxylic acids is 1. The van der Waals surface area contributed by atoms with Crippen LogP contribution in [0, 0.1) is 0 Å². The summed E-state index contributed by atoms with van der Waals surface area (Å²) in [5.74, 6) is -0.189. The summed E-state index contributed by atoms with van der Waals surface area (Å²) in [5.41, 5.74) is 6.36. The predicted molar refractivity (Wildman–Crippen MR) is 110 cm³/mol. The molecule has 3 N–H and O–H groups in total. The molecule has 0 unspecified atom stereocenters. The normalized spacial score (nSPS) is 11.8. The number of nitrogens with one attached hydrogen (secondary N) is 1. The van der Waals surface area contributed by atoms with Gasteiger partial charge in [0.05, 0.1) is 12.6 Å². The molecule has 8 nitrogen and oxygen atoms in total. The summed E-state index contributed by atoms with van der Waals surface area (Å²) in [5, 5.41) is 2.81. The molecule has 0 fully saturated rings. The summed E-state index contributed by atoms with van der Waals surface area (Å²) in [6.45, 7) is 3.75. The maximum atomic E-state index is 12.9. The molecule has 0 spiro atoms. The molecule has 152 valence electrons. The van der Waals surface area contributed by atoms with Crippen LogP contribution in [-0.4, -0.2) is 28.3 Å². The van der Waals surface area contributed by atoms with Gasteiger partial charge in [-0.25, -0.2) is 4.79 Å². The van der Waals surface area contributed by atoms with Crippen molar-refractivity contribution in [2.45, 2.75) is 52.3 Å². The van der Waals surface area contributed by atoms with E-state index in [-0.39, 0.29) is 36.7 Å². The predicted octanol–water partition coefficient (Wildman–Crippen LogP) is 1.80. The minimum atomic E-state index is -0.432. The van der Waals surface area contributed by atoms with E-state index in [1.54, 1.807) is 7.05 Å². The summed E-state index contributed by atoms with van der Waals surface area (Å²) in [6.07, 6.45) is 1.81. The third-order valence-electron chi connectivity index (χ3n) is 4.51. The Morgan fingerprint density at radius 2 is 1.86 bits per heavy atom. The van der Waals surface area contributed by atoms with Gasteiger partial charge in [-0.05, 0) is 31.7 Å². The Hall–Kier alpha value is -3.03. The van der Waals surface area contributed by atoms with Crippen LogP contribution in [0.2, 0.25) is 0 Å². The van der Waals surface area contributed by atoms with E-state index in [4.69, 9.17) is 10.5 Å². The van der Waals surface area contributed by atoms with E-state index in [1.807, 2.05) is 37.3 Å². The van der Waals surface area contributed by atoms with Crippen LogP contribution < -0.4 is 22.3 Å². The number of nitrogens with zero attached hydrogens (tertiary/aromatic N) is 2. The van der Waals surface area contributed by atoms with Gasteiger partial charge >= 0.3 is 11.7 Å². The van der Waals surface area contributed by atoms with E-state index in [0.29, 0.717) is 12.8 Å². The van der Waals surface area contributed by atoms with Crippen molar-refractivity contribution in [1.29, 1.82) is 0 Å². The zero-order chi connectivity index (χ0) is 20.7. The quantitative estimate of drug-likeness (QED) is 0.501. The van der Waals surface area contributed by atoms with Crippen LogP contribution >= 0.6 is 0 Å². The highest BCUT2D eigenvalue weighted by Crippen LogP contribution is 2.13. The van der Waals surface area contributed by atoms with E-state index in [0.717, 1.165) is 12.0 Å². The summed E-state index contributed by atoms with van der Waals surface area (Å²) in [4.78, 5) is 36.5. The molecule has 0 amide bonds. The molecular formula is C20H28N4O4. The Labute approximate surface area is 163 Å². The average molecular weight is 388 g/mol. The first-order valence-corrected chi connectivity index (χ1v) is 9.37. The molecular weight excluding hydrogens is 360 g/mol. The van der Waals surface area contributed by atoms with Gasteiger partial charge in [-0.2, -0.15) is 0 Å². The summed E-state index contributed by atoms with van der Waals surface area (Å²) in [6, 6.07) is 9.46. The van der Waals surface area contributed by atoms with E-state index in [2.05, 4.69) is 5.32 Å². The number of hydrogen-bond donors (Lipinski definition) is 2. The number of hydrogen-bond acceptors (Lipinski definition) is 6. The standard InChI is InChI=1S/C20H28N4O4/c1-14(28-15(2)25)9-7-8-12-23-19(26)17(22-3)18(21)24(20(23)27)13-16-10-5-4-6-11-16/h4-6,10-11,14,22H,7-9,12-13,21H2,1-3H3/t14-/m1/s1. The van der Waals surface area contributed by atoms with Gasteiger partial charge in [0, 0.05) is 20.5 Å². The van der Waals surface area contributed by atoms with Gasteiger partial charge < -0.3 is 15.8 Å². The van der Waals surface area contributed by atoms with Crippen LogP contribution in [-0.2, 0) is 22.6 Å². The molecule has 0 saturated carbocycles. The Morgan fingerprint density at radius 1 is 1.18 bits per heavy atom. The van der Waals surface area contributed by atoms with Crippen molar-refractivity contribution in [2.24, 2.45) is 0 Å². The van der Waals surface area contributed by atoms with Gasteiger partial charge in [0.1, 0.15) is 11.5 Å². The van der Waals surface area contributed by atoms with Crippen molar-refractivity contribution in [1.82, 2.24) is 9.13 Å². The van der Waals surface area contributed by atoms with Crippen molar-refractivity contribution >= 4 is 17.5 Å². The van der Waals surface area contributed by atoms with Gasteiger partial charge in [0.2, 0.25) is 0 Å². The molecule has 0 saturated heterocycles. The molecule has 0 bridgehead atoms. The summed E-state index contributed by atoms with van der Waals surface area (Å²) in [7, 11) is 1.61. The van der Waals surface area contributed by atoms with Crippen LogP contribution in [0.25, 0.3) is 0 Å². The average Bonchev–Trinajstić information content (AvgIpc) is 2.65. The molecule has 1 atom stereocenters. The molecule has 2 aromatic rings. The number of carbonyl (C=O) groups is 1. The minimum Gasteiger partial charge on any atom is -0.463 e. The van der Waals surface area contributed by atoms with E-state index < -0.39 is 11.2 Å². The molecule has 0 aliphatic heterocycles. The first-order valence-electron chi connectivity index (χ1n) is 9.37.